The van der Waals surface area contributed by atoms with Gasteiger partial charge in [0.05, 0.1) is 12.1 Å². The molecule has 0 saturated heterocycles. The summed E-state index contributed by atoms with van der Waals surface area (Å²) < 4.78 is 0. The number of halogens is 1. The number of nitrogens with two attached hydrogens (primary N) is 1. The van der Waals surface area contributed by atoms with Gasteiger partial charge in [-0.25, -0.2) is 0 Å². The Bertz CT molecular complexity index is 1040. The van der Waals surface area contributed by atoms with Gasteiger partial charge in [0.1, 0.15) is 0 Å². The van der Waals surface area contributed by atoms with Crippen molar-refractivity contribution in [1.29, 1.82) is 0 Å². The topological polar surface area (TPSA) is 46.2 Å². The minimum Gasteiger partial charge on any atom is -0.391 e. The van der Waals surface area contributed by atoms with Crippen molar-refractivity contribution in [2.75, 3.05) is 0 Å². The van der Waals surface area contributed by atoms with E-state index in [1.807, 2.05) is 0 Å². The molecule has 0 bridgehead atoms. The molecule has 0 spiro atoms. The Morgan fingerprint density at radius 1 is 0.808 bits per heavy atom. The van der Waals surface area contributed by atoms with E-state index in [1.165, 1.54) is 45.2 Å². The smallest absolute Gasteiger partial charge is 0.0761 e. The quantitative estimate of drug-likeness (QED) is 0.467. The Balaban J connectivity index is 0.00000168. The van der Waals surface area contributed by atoms with Crippen LogP contribution in [-0.4, -0.2) is 11.2 Å². The zero-order valence-electron chi connectivity index (χ0n) is 14.7. The highest BCUT2D eigenvalue weighted by Gasteiger charge is 2.29. The van der Waals surface area contributed by atoms with E-state index in [4.69, 9.17) is 5.73 Å². The molecule has 26 heavy (non-hydrogen) atoms. The molecular weight excluding hydrogens is 342 g/mol. The lowest BCUT2D eigenvalue weighted by Crippen LogP contribution is -2.32. The van der Waals surface area contributed by atoms with Gasteiger partial charge in [-0.3, -0.25) is 0 Å². The molecule has 4 aromatic rings. The minimum atomic E-state index is -0.457. The normalized spacial score (nSPS) is 17.8. The van der Waals surface area contributed by atoms with Crippen molar-refractivity contribution in [3.63, 3.8) is 0 Å². The fourth-order valence-corrected chi connectivity index (χ4v) is 4.82. The maximum atomic E-state index is 10.8. The highest BCUT2D eigenvalue weighted by molar-refractivity contribution is 6.23. The van der Waals surface area contributed by atoms with E-state index in [0.717, 1.165) is 18.4 Å². The molecule has 0 aliphatic heterocycles. The minimum absolute atomic E-state index is 0. The molecule has 1 saturated carbocycles. The van der Waals surface area contributed by atoms with Crippen molar-refractivity contribution < 1.29 is 5.11 Å². The molecular formula is C23H24ClNO. The Labute approximate surface area is 159 Å². The Morgan fingerprint density at radius 3 is 2.08 bits per heavy atom. The van der Waals surface area contributed by atoms with Gasteiger partial charge in [-0.2, -0.15) is 0 Å². The van der Waals surface area contributed by atoms with Gasteiger partial charge in [-0.1, -0.05) is 67.4 Å². The van der Waals surface area contributed by atoms with Crippen LogP contribution < -0.4 is 5.73 Å². The molecule has 1 aliphatic rings. The number of aliphatic hydroxyl groups is 1. The summed E-state index contributed by atoms with van der Waals surface area (Å²) in [6.45, 7) is 0. The van der Waals surface area contributed by atoms with Crippen LogP contribution in [0.15, 0.2) is 54.6 Å². The first kappa shape index (κ1) is 17.5. The predicted molar refractivity (Wildman–Crippen MR) is 112 cm³/mol. The van der Waals surface area contributed by atoms with Crippen LogP contribution in [-0.2, 0) is 0 Å². The van der Waals surface area contributed by atoms with Crippen LogP contribution in [0.2, 0.25) is 0 Å². The SMILES string of the molecule is Cl.N[C@@H](c1ccc2ccc3cccc4ccc1c2c34)[C@H](O)C1CCCC1. The van der Waals surface area contributed by atoms with Gasteiger partial charge >= 0.3 is 0 Å². The summed E-state index contributed by atoms with van der Waals surface area (Å²) in [7, 11) is 0. The zero-order chi connectivity index (χ0) is 17.0. The van der Waals surface area contributed by atoms with Crippen molar-refractivity contribution >= 4 is 44.7 Å². The summed E-state index contributed by atoms with van der Waals surface area (Å²) in [6.07, 6.45) is 4.17. The Kier molecular flexibility index (Phi) is 4.52. The van der Waals surface area contributed by atoms with Crippen LogP contribution in [0.3, 0.4) is 0 Å². The summed E-state index contributed by atoms with van der Waals surface area (Å²) >= 11 is 0. The molecule has 2 atom stereocenters. The van der Waals surface area contributed by atoms with Crippen LogP contribution in [0.4, 0.5) is 0 Å². The van der Waals surface area contributed by atoms with Crippen LogP contribution in [0, 0.1) is 5.92 Å². The highest BCUT2D eigenvalue weighted by Crippen LogP contribution is 2.39. The van der Waals surface area contributed by atoms with E-state index < -0.39 is 6.10 Å². The highest BCUT2D eigenvalue weighted by atomic mass is 35.5. The van der Waals surface area contributed by atoms with Crippen molar-refractivity contribution in [2.45, 2.75) is 37.8 Å². The third-order valence-corrected chi connectivity index (χ3v) is 6.17. The first-order chi connectivity index (χ1) is 12.2. The van der Waals surface area contributed by atoms with E-state index in [1.54, 1.807) is 0 Å². The van der Waals surface area contributed by atoms with Crippen molar-refractivity contribution in [2.24, 2.45) is 11.7 Å². The van der Waals surface area contributed by atoms with Crippen LogP contribution >= 0.6 is 12.4 Å². The number of hydrogen-bond donors (Lipinski definition) is 2. The fourth-order valence-electron chi connectivity index (χ4n) is 4.82. The molecule has 134 valence electrons. The molecule has 5 rings (SSSR count). The molecule has 2 nitrogen and oxygen atoms in total. The van der Waals surface area contributed by atoms with E-state index in [0.29, 0.717) is 5.92 Å². The van der Waals surface area contributed by atoms with Crippen molar-refractivity contribution in [3.05, 3.63) is 60.2 Å². The number of benzene rings is 4. The summed E-state index contributed by atoms with van der Waals surface area (Å²) in [4.78, 5) is 0. The molecule has 0 aromatic heterocycles. The summed E-state index contributed by atoms with van der Waals surface area (Å²) in [6, 6.07) is 19.1. The average Bonchev–Trinajstić information content (AvgIpc) is 3.19. The van der Waals surface area contributed by atoms with Gasteiger partial charge < -0.3 is 10.8 Å². The standard InChI is InChI=1S/C23H23NO.ClH/c24-22(23(25)17-4-1-2-5-17)19-13-11-16-9-8-14-6-3-7-15-10-12-18(19)21(16)20(14)15;/h3,6-13,17,22-23,25H,1-2,4-5,24H2;1H/t22-,23+;/m0./s1. The third kappa shape index (κ3) is 2.56. The summed E-state index contributed by atoms with van der Waals surface area (Å²) in [5.41, 5.74) is 7.64. The van der Waals surface area contributed by atoms with E-state index in [2.05, 4.69) is 54.6 Å². The van der Waals surface area contributed by atoms with E-state index in [9.17, 15) is 5.11 Å². The van der Waals surface area contributed by atoms with Gasteiger partial charge in [0.25, 0.3) is 0 Å². The second-order valence-electron chi connectivity index (χ2n) is 7.57. The molecule has 1 aliphatic carbocycles. The first-order valence-electron chi connectivity index (χ1n) is 9.34. The second kappa shape index (κ2) is 6.70. The first-order valence-corrected chi connectivity index (χ1v) is 9.34. The summed E-state index contributed by atoms with van der Waals surface area (Å²) in [5.74, 6) is 0.341. The predicted octanol–water partition coefficient (Wildman–Crippen LogP) is 5.56. The lowest BCUT2D eigenvalue weighted by atomic mass is 9.86. The number of hydrogen-bond acceptors (Lipinski definition) is 2. The molecule has 0 amide bonds. The fraction of sp³-hybridized carbons (Fsp3) is 0.304. The van der Waals surface area contributed by atoms with Gasteiger partial charge in [-0.15, -0.1) is 12.4 Å². The molecule has 0 unspecified atom stereocenters. The van der Waals surface area contributed by atoms with Gasteiger partial charge in [-0.05, 0) is 56.6 Å². The second-order valence-corrected chi connectivity index (χ2v) is 7.57. The molecule has 3 N–H and O–H groups in total. The van der Waals surface area contributed by atoms with Crippen LogP contribution in [0.1, 0.15) is 37.3 Å². The number of aliphatic hydroxyl groups excluding tert-OH is 1. The average molecular weight is 366 g/mol. The number of rotatable bonds is 3. The van der Waals surface area contributed by atoms with E-state index >= 15 is 0 Å². The maximum Gasteiger partial charge on any atom is 0.0761 e. The van der Waals surface area contributed by atoms with Crippen molar-refractivity contribution in [1.82, 2.24) is 0 Å². The summed E-state index contributed by atoms with van der Waals surface area (Å²) in [5, 5.41) is 18.4. The lowest BCUT2D eigenvalue weighted by molar-refractivity contribution is 0.0849. The molecule has 0 radical (unpaired) electrons. The largest absolute Gasteiger partial charge is 0.391 e. The molecule has 4 aromatic carbocycles. The van der Waals surface area contributed by atoms with Crippen LogP contribution in [0.25, 0.3) is 32.3 Å². The molecule has 1 fully saturated rings. The Hall–Kier alpha value is -1.87. The van der Waals surface area contributed by atoms with Crippen molar-refractivity contribution in [3.8, 4) is 0 Å². The monoisotopic (exact) mass is 365 g/mol. The Morgan fingerprint density at radius 2 is 1.38 bits per heavy atom. The molecule has 3 heteroatoms. The van der Waals surface area contributed by atoms with Crippen LogP contribution in [0.5, 0.6) is 0 Å². The van der Waals surface area contributed by atoms with Gasteiger partial charge in [0.15, 0.2) is 0 Å². The van der Waals surface area contributed by atoms with Gasteiger partial charge in [0, 0.05) is 0 Å². The van der Waals surface area contributed by atoms with Gasteiger partial charge in [0.2, 0.25) is 0 Å². The lowest BCUT2D eigenvalue weighted by Gasteiger charge is -2.26. The molecule has 0 heterocycles. The van der Waals surface area contributed by atoms with E-state index in [-0.39, 0.29) is 18.4 Å². The third-order valence-electron chi connectivity index (χ3n) is 6.17. The maximum absolute atomic E-state index is 10.8. The zero-order valence-corrected chi connectivity index (χ0v) is 15.5.